The molecule has 12 heteroatoms. The molecule has 0 radical (unpaired) electrons. The first-order chi connectivity index (χ1) is 21.7. The van der Waals surface area contributed by atoms with E-state index in [1.165, 1.54) is 18.2 Å². The highest BCUT2D eigenvalue weighted by Gasteiger charge is 2.38. The molecule has 0 saturated heterocycles. The van der Waals surface area contributed by atoms with Crippen LogP contribution < -0.4 is 0 Å². The van der Waals surface area contributed by atoms with E-state index >= 15 is 8.78 Å². The zero-order valence-electron chi connectivity index (χ0n) is 22.1. The zero-order chi connectivity index (χ0) is 32.6. The van der Waals surface area contributed by atoms with Gasteiger partial charge < -0.3 is 0 Å². The highest BCUT2D eigenvalue weighted by Crippen LogP contribution is 2.54. The molecular formula is C33H6F3N9. The Morgan fingerprint density at radius 2 is 0.978 bits per heavy atom. The third kappa shape index (κ3) is 4.15. The van der Waals surface area contributed by atoms with Gasteiger partial charge in [-0.1, -0.05) is 0 Å². The van der Waals surface area contributed by atoms with Gasteiger partial charge in [0.1, 0.15) is 82.8 Å². The summed E-state index contributed by atoms with van der Waals surface area (Å²) < 4.78 is 45.3. The Kier molecular flexibility index (Phi) is 6.98. The van der Waals surface area contributed by atoms with Gasteiger partial charge in [0.05, 0.1) is 22.9 Å². The first kappa shape index (κ1) is 28.8. The Morgan fingerprint density at radius 1 is 0.489 bits per heavy atom. The number of fused-ring (bicyclic) bond motifs is 2. The molecule has 3 aromatic rings. The molecule has 2 aliphatic rings. The number of nitriles is 8. The average Bonchev–Trinajstić information content (AvgIpc) is 3.54. The molecule has 0 unspecified atom stereocenters. The molecule has 0 aliphatic heterocycles. The second-order valence-corrected chi connectivity index (χ2v) is 9.20. The molecule has 0 atom stereocenters. The SMILES string of the molecule is N#CC(C#N)=C1C(c2cc(C#N)ncc2F)=C(C#N)c2cc3c(cc21)C(C#N)=C(c1cc(F)c(C#N)cc1F)C3=C(C#N)C#N. The molecule has 0 amide bonds. The van der Waals surface area contributed by atoms with Crippen LogP contribution in [0.25, 0.3) is 33.4 Å². The van der Waals surface area contributed by atoms with Crippen molar-refractivity contribution in [1.82, 2.24) is 4.98 Å². The lowest BCUT2D eigenvalue weighted by Gasteiger charge is -2.11. The van der Waals surface area contributed by atoms with Crippen LogP contribution in [-0.2, 0) is 0 Å². The van der Waals surface area contributed by atoms with Crippen molar-refractivity contribution in [2.75, 3.05) is 0 Å². The number of halogens is 3. The van der Waals surface area contributed by atoms with Crippen molar-refractivity contribution in [1.29, 1.82) is 42.1 Å². The summed E-state index contributed by atoms with van der Waals surface area (Å²) in [6.07, 6.45) is 0.732. The van der Waals surface area contributed by atoms with Gasteiger partial charge in [0.2, 0.25) is 0 Å². The number of rotatable bonds is 2. The van der Waals surface area contributed by atoms with Gasteiger partial charge in [0.25, 0.3) is 0 Å². The monoisotopic (exact) mass is 585 g/mol. The Morgan fingerprint density at radius 3 is 1.40 bits per heavy atom. The Bertz CT molecular complexity index is 2410. The summed E-state index contributed by atoms with van der Waals surface area (Å²) in [7, 11) is 0. The predicted octanol–water partition coefficient (Wildman–Crippen LogP) is 5.74. The first-order valence-electron chi connectivity index (χ1n) is 12.3. The van der Waals surface area contributed by atoms with Gasteiger partial charge in [-0.3, -0.25) is 0 Å². The molecule has 0 spiro atoms. The van der Waals surface area contributed by atoms with E-state index in [4.69, 9.17) is 5.26 Å². The van der Waals surface area contributed by atoms with Crippen molar-refractivity contribution in [3.8, 4) is 48.6 Å². The molecule has 2 aliphatic carbocycles. The van der Waals surface area contributed by atoms with E-state index in [0.717, 1.165) is 12.3 Å². The van der Waals surface area contributed by atoms with Crippen LogP contribution in [0.3, 0.4) is 0 Å². The van der Waals surface area contributed by atoms with Crippen LogP contribution >= 0.6 is 0 Å². The summed E-state index contributed by atoms with van der Waals surface area (Å²) in [5.74, 6) is -3.26. The Hall–Kier alpha value is -7.74. The van der Waals surface area contributed by atoms with Crippen LogP contribution in [0, 0.1) is 108 Å². The topological polar surface area (TPSA) is 203 Å². The number of nitrogens with zero attached hydrogens (tertiary/aromatic N) is 9. The van der Waals surface area contributed by atoms with Crippen molar-refractivity contribution in [2.24, 2.45) is 0 Å². The van der Waals surface area contributed by atoms with Crippen LogP contribution in [0.5, 0.6) is 0 Å². The van der Waals surface area contributed by atoms with Gasteiger partial charge >= 0.3 is 0 Å². The van der Waals surface area contributed by atoms with E-state index in [-0.39, 0.29) is 66.9 Å². The largest absolute Gasteiger partial charge is 0.242 e. The number of hydrogen-bond donors (Lipinski definition) is 0. The molecule has 0 N–H and O–H groups in total. The smallest absolute Gasteiger partial charge is 0.149 e. The van der Waals surface area contributed by atoms with E-state index in [9.17, 15) is 41.2 Å². The van der Waals surface area contributed by atoms with Crippen molar-refractivity contribution >= 4 is 33.4 Å². The van der Waals surface area contributed by atoms with Crippen LogP contribution in [0.2, 0.25) is 0 Å². The second-order valence-electron chi connectivity index (χ2n) is 9.20. The van der Waals surface area contributed by atoms with Gasteiger partial charge in [-0.05, 0) is 41.5 Å². The lowest BCUT2D eigenvalue weighted by atomic mass is 9.90. The number of allylic oxidation sites excluding steroid dienone is 8. The lowest BCUT2D eigenvalue weighted by molar-refractivity contribution is 0.594. The van der Waals surface area contributed by atoms with Gasteiger partial charge in [0.15, 0.2) is 0 Å². The van der Waals surface area contributed by atoms with E-state index < -0.39 is 39.7 Å². The van der Waals surface area contributed by atoms with Crippen LogP contribution in [-0.4, -0.2) is 4.98 Å². The van der Waals surface area contributed by atoms with Gasteiger partial charge in [0, 0.05) is 44.5 Å². The fourth-order valence-corrected chi connectivity index (χ4v) is 5.30. The highest BCUT2D eigenvalue weighted by molar-refractivity contribution is 6.29. The molecular weight excluding hydrogens is 579 g/mol. The van der Waals surface area contributed by atoms with E-state index in [1.807, 2.05) is 12.1 Å². The molecule has 2 aromatic carbocycles. The molecule has 0 bridgehead atoms. The van der Waals surface area contributed by atoms with E-state index in [0.29, 0.717) is 12.1 Å². The van der Waals surface area contributed by atoms with Gasteiger partial charge in [-0.15, -0.1) is 0 Å². The summed E-state index contributed by atoms with van der Waals surface area (Å²) in [6.45, 7) is 0. The number of benzene rings is 2. The van der Waals surface area contributed by atoms with E-state index in [2.05, 4.69) is 4.98 Å². The molecule has 0 fully saturated rings. The Labute approximate surface area is 251 Å². The highest BCUT2D eigenvalue weighted by atomic mass is 19.1. The molecule has 9 nitrogen and oxygen atoms in total. The van der Waals surface area contributed by atoms with E-state index in [1.54, 1.807) is 30.3 Å². The number of pyridine rings is 1. The molecule has 1 heterocycles. The maximum atomic E-state index is 15.4. The fourth-order valence-electron chi connectivity index (χ4n) is 5.30. The maximum absolute atomic E-state index is 15.4. The molecule has 5 rings (SSSR count). The third-order valence-electron chi connectivity index (χ3n) is 7.09. The lowest BCUT2D eigenvalue weighted by Crippen LogP contribution is -1.98. The Balaban J connectivity index is 1.96. The average molecular weight is 585 g/mol. The molecule has 0 saturated carbocycles. The summed E-state index contributed by atoms with van der Waals surface area (Å²) in [5.41, 5.74) is -4.63. The van der Waals surface area contributed by atoms with Crippen molar-refractivity contribution in [2.45, 2.75) is 0 Å². The third-order valence-corrected chi connectivity index (χ3v) is 7.09. The predicted molar refractivity (Wildman–Crippen MR) is 148 cm³/mol. The van der Waals surface area contributed by atoms with Crippen molar-refractivity contribution in [3.63, 3.8) is 0 Å². The number of aromatic nitrogens is 1. The minimum atomic E-state index is -1.14. The minimum absolute atomic E-state index is 0.00304. The first-order valence-corrected chi connectivity index (χ1v) is 12.3. The van der Waals surface area contributed by atoms with Crippen LogP contribution in [0.15, 0.2) is 47.7 Å². The quantitative estimate of drug-likeness (QED) is 0.336. The summed E-state index contributed by atoms with van der Waals surface area (Å²) >= 11 is 0. The molecule has 204 valence electrons. The zero-order valence-corrected chi connectivity index (χ0v) is 22.1. The number of hydrogen-bond acceptors (Lipinski definition) is 9. The normalized spacial score (nSPS) is 12.3. The van der Waals surface area contributed by atoms with Gasteiger partial charge in [-0.25, -0.2) is 18.2 Å². The summed E-state index contributed by atoms with van der Waals surface area (Å²) in [6, 6.07) is 18.6. The fraction of sp³-hybridized carbons (Fsp3) is 0. The maximum Gasteiger partial charge on any atom is 0.149 e. The molecule has 1 aromatic heterocycles. The van der Waals surface area contributed by atoms with Crippen molar-refractivity contribution in [3.05, 3.63) is 110 Å². The van der Waals surface area contributed by atoms with Crippen molar-refractivity contribution < 1.29 is 13.2 Å². The van der Waals surface area contributed by atoms with Gasteiger partial charge in [-0.2, -0.15) is 42.1 Å². The summed E-state index contributed by atoms with van der Waals surface area (Å²) in [5, 5.41) is 78.3. The summed E-state index contributed by atoms with van der Waals surface area (Å²) in [4.78, 5) is 3.65. The molecule has 45 heavy (non-hydrogen) atoms. The second kappa shape index (κ2) is 10.9. The van der Waals surface area contributed by atoms with Crippen LogP contribution in [0.4, 0.5) is 13.2 Å². The standard InChI is InChI=1S/C33H6F3N9/c34-27-5-24(28(35)1-15(27)6-37)33-26(13-44)20-4-21-19(3-22(20)31(33)17(9-40)10-41)25(12-43)32(30(21)16(7-38)8-39)23-2-18(11-42)45-14-29(23)36/h1-5,14H. The van der Waals surface area contributed by atoms with Crippen LogP contribution in [0.1, 0.15) is 44.6 Å². The minimum Gasteiger partial charge on any atom is -0.242 e.